The number of ether oxygens (including phenoxy) is 1. The van der Waals surface area contributed by atoms with Gasteiger partial charge in [0.05, 0.1) is 12.3 Å². The van der Waals surface area contributed by atoms with Crippen LogP contribution in [0, 0.1) is 0 Å². The van der Waals surface area contributed by atoms with Crippen LogP contribution in [0.25, 0.3) is 0 Å². The summed E-state index contributed by atoms with van der Waals surface area (Å²) < 4.78 is 6.58. The summed E-state index contributed by atoms with van der Waals surface area (Å²) in [6.45, 7) is 3.83. The van der Waals surface area contributed by atoms with Crippen molar-refractivity contribution < 1.29 is 9.53 Å². The van der Waals surface area contributed by atoms with Gasteiger partial charge in [-0.05, 0) is 34.5 Å². The molecule has 2 N–H and O–H groups in total. The molecule has 2 saturated heterocycles. The van der Waals surface area contributed by atoms with Crippen molar-refractivity contribution in [2.45, 2.75) is 18.6 Å². The molecule has 0 aromatic heterocycles. The Hall–Kier alpha value is -1.11. The number of nitrogens with zero attached hydrogens (tertiary/aromatic N) is 1. The third-order valence-electron chi connectivity index (χ3n) is 3.95. The zero-order valence-electron chi connectivity index (χ0n) is 11.8. The molecule has 2 atom stereocenters. The average Bonchev–Trinajstić information content (AvgIpc) is 2.97. The molecular weight excluding hydrogens is 334 g/mol. The first-order valence-electron chi connectivity index (χ1n) is 7.36. The molecule has 2 unspecified atom stereocenters. The zero-order valence-corrected chi connectivity index (χ0v) is 13.4. The summed E-state index contributed by atoms with van der Waals surface area (Å²) in [7, 11) is 0. The van der Waals surface area contributed by atoms with Crippen molar-refractivity contribution in [3.8, 4) is 0 Å². The smallest absolute Gasteiger partial charge is 0.250 e. The lowest BCUT2D eigenvalue weighted by Crippen LogP contribution is -2.50. The Morgan fingerprint density at radius 1 is 1.43 bits per heavy atom. The van der Waals surface area contributed by atoms with Crippen LogP contribution in [-0.4, -0.2) is 50.8 Å². The second-order valence-corrected chi connectivity index (χ2v) is 6.31. The Bertz CT molecular complexity index is 505. The number of hydrogen-bond acceptors (Lipinski definition) is 4. The van der Waals surface area contributed by atoms with Gasteiger partial charge in [0.2, 0.25) is 0 Å². The molecule has 0 bridgehead atoms. The Labute approximate surface area is 133 Å². The molecule has 6 heteroatoms. The molecule has 0 saturated carbocycles. The van der Waals surface area contributed by atoms with Gasteiger partial charge in [0.1, 0.15) is 6.10 Å². The minimum atomic E-state index is -0.351. The lowest BCUT2D eigenvalue weighted by atomic mass is 10.2. The third-order valence-corrected chi connectivity index (χ3v) is 4.62. The predicted octanol–water partition coefficient (Wildman–Crippen LogP) is 1.13. The van der Waals surface area contributed by atoms with Crippen LogP contribution in [0.1, 0.15) is 6.42 Å². The number of morpholine rings is 1. The number of amides is 1. The first-order valence-corrected chi connectivity index (χ1v) is 8.15. The van der Waals surface area contributed by atoms with Crippen molar-refractivity contribution >= 4 is 27.5 Å². The highest BCUT2D eigenvalue weighted by molar-refractivity contribution is 9.10. The number of rotatable bonds is 3. The van der Waals surface area contributed by atoms with Crippen molar-refractivity contribution in [1.29, 1.82) is 0 Å². The number of para-hydroxylation sites is 1. The summed E-state index contributed by atoms with van der Waals surface area (Å²) in [5, 5.41) is 6.29. The van der Waals surface area contributed by atoms with E-state index < -0.39 is 0 Å². The van der Waals surface area contributed by atoms with Crippen molar-refractivity contribution in [1.82, 2.24) is 10.6 Å². The van der Waals surface area contributed by atoms with Gasteiger partial charge in [0, 0.05) is 36.7 Å². The molecule has 1 amide bonds. The van der Waals surface area contributed by atoms with E-state index in [1.165, 1.54) is 5.69 Å². The first-order chi connectivity index (χ1) is 10.2. The average molecular weight is 354 g/mol. The molecule has 2 aliphatic heterocycles. The van der Waals surface area contributed by atoms with Gasteiger partial charge in [-0.3, -0.25) is 4.79 Å². The molecular formula is C15H20BrN3O2. The molecule has 0 aliphatic carbocycles. The van der Waals surface area contributed by atoms with Gasteiger partial charge >= 0.3 is 0 Å². The van der Waals surface area contributed by atoms with E-state index in [2.05, 4.69) is 37.5 Å². The predicted molar refractivity (Wildman–Crippen MR) is 85.5 cm³/mol. The van der Waals surface area contributed by atoms with Crippen LogP contribution in [0.5, 0.6) is 0 Å². The van der Waals surface area contributed by atoms with E-state index in [0.717, 1.165) is 30.5 Å². The molecule has 2 aliphatic rings. The Morgan fingerprint density at radius 2 is 2.29 bits per heavy atom. The summed E-state index contributed by atoms with van der Waals surface area (Å²) in [6, 6.07) is 8.38. The fourth-order valence-electron chi connectivity index (χ4n) is 2.83. The molecule has 5 nitrogen and oxygen atoms in total. The Balaban J connectivity index is 1.55. The van der Waals surface area contributed by atoms with E-state index in [1.807, 2.05) is 18.2 Å². The fraction of sp³-hybridized carbons (Fsp3) is 0.533. The van der Waals surface area contributed by atoms with E-state index in [4.69, 9.17) is 4.74 Å². The van der Waals surface area contributed by atoms with Gasteiger partial charge in [-0.25, -0.2) is 0 Å². The van der Waals surface area contributed by atoms with Gasteiger partial charge in [0.15, 0.2) is 0 Å². The van der Waals surface area contributed by atoms with E-state index in [-0.39, 0.29) is 18.1 Å². The normalized spacial score (nSPS) is 25.9. The largest absolute Gasteiger partial charge is 0.368 e. The quantitative estimate of drug-likeness (QED) is 0.855. The zero-order chi connectivity index (χ0) is 14.7. The molecule has 0 radical (unpaired) electrons. The molecule has 2 heterocycles. The highest BCUT2D eigenvalue weighted by atomic mass is 79.9. The van der Waals surface area contributed by atoms with Crippen LogP contribution in [0.3, 0.4) is 0 Å². The minimum Gasteiger partial charge on any atom is -0.368 e. The highest BCUT2D eigenvalue weighted by Crippen LogP contribution is 2.28. The third kappa shape index (κ3) is 3.56. The van der Waals surface area contributed by atoms with Crippen LogP contribution in [0.2, 0.25) is 0 Å². The number of nitrogens with one attached hydrogen (secondary N) is 2. The molecule has 21 heavy (non-hydrogen) atoms. The number of benzene rings is 1. The van der Waals surface area contributed by atoms with Crippen LogP contribution in [0.4, 0.5) is 5.69 Å². The number of carbonyl (C=O) groups excluding carboxylic acids is 1. The summed E-state index contributed by atoms with van der Waals surface area (Å²) >= 11 is 3.58. The first kappa shape index (κ1) is 14.8. The summed E-state index contributed by atoms with van der Waals surface area (Å²) in [5.74, 6) is 0.00109. The molecule has 3 rings (SSSR count). The van der Waals surface area contributed by atoms with E-state index in [1.54, 1.807) is 0 Å². The SMILES string of the molecule is O=C(NC1CCN(c2ccccc2Br)C1)C1CNCCO1. The Morgan fingerprint density at radius 3 is 3.05 bits per heavy atom. The summed E-state index contributed by atoms with van der Waals surface area (Å²) in [4.78, 5) is 14.5. The van der Waals surface area contributed by atoms with Crippen LogP contribution in [0.15, 0.2) is 28.7 Å². The summed E-state index contributed by atoms with van der Waals surface area (Å²) in [6.07, 6.45) is 0.615. The number of carbonyl (C=O) groups is 1. The second kappa shape index (κ2) is 6.77. The fourth-order valence-corrected chi connectivity index (χ4v) is 3.37. The Kier molecular flexibility index (Phi) is 4.77. The summed E-state index contributed by atoms with van der Waals surface area (Å²) in [5.41, 5.74) is 1.19. The van der Waals surface area contributed by atoms with Crippen molar-refractivity contribution in [2.24, 2.45) is 0 Å². The lowest BCUT2D eigenvalue weighted by Gasteiger charge is -2.25. The van der Waals surface area contributed by atoms with Gasteiger partial charge < -0.3 is 20.3 Å². The monoisotopic (exact) mass is 353 g/mol. The number of anilines is 1. The maximum atomic E-state index is 12.2. The maximum Gasteiger partial charge on any atom is 0.250 e. The van der Waals surface area contributed by atoms with Crippen LogP contribution >= 0.6 is 15.9 Å². The number of hydrogen-bond donors (Lipinski definition) is 2. The lowest BCUT2D eigenvalue weighted by molar-refractivity contribution is -0.134. The van der Waals surface area contributed by atoms with Crippen molar-refractivity contribution in [3.05, 3.63) is 28.7 Å². The molecule has 2 fully saturated rings. The maximum absolute atomic E-state index is 12.2. The molecule has 114 valence electrons. The second-order valence-electron chi connectivity index (χ2n) is 5.46. The number of halogens is 1. The van der Waals surface area contributed by atoms with Gasteiger partial charge in [-0.1, -0.05) is 12.1 Å². The molecule has 0 spiro atoms. The van der Waals surface area contributed by atoms with Crippen LogP contribution in [-0.2, 0) is 9.53 Å². The van der Waals surface area contributed by atoms with Gasteiger partial charge in [-0.2, -0.15) is 0 Å². The van der Waals surface area contributed by atoms with Crippen molar-refractivity contribution in [3.63, 3.8) is 0 Å². The molecule has 1 aromatic rings. The topological polar surface area (TPSA) is 53.6 Å². The van der Waals surface area contributed by atoms with Gasteiger partial charge in [-0.15, -0.1) is 0 Å². The van der Waals surface area contributed by atoms with Gasteiger partial charge in [0.25, 0.3) is 5.91 Å². The standard InChI is InChI=1S/C15H20BrN3O2/c16-12-3-1-2-4-13(12)19-7-5-11(10-19)18-15(20)14-9-17-6-8-21-14/h1-4,11,14,17H,5-10H2,(H,18,20). The van der Waals surface area contributed by atoms with Crippen LogP contribution < -0.4 is 15.5 Å². The minimum absolute atomic E-state index is 0.00109. The van der Waals surface area contributed by atoms with Crippen molar-refractivity contribution in [2.75, 3.05) is 37.7 Å². The molecule has 1 aromatic carbocycles. The highest BCUT2D eigenvalue weighted by Gasteiger charge is 2.28. The van der Waals surface area contributed by atoms with E-state index in [0.29, 0.717) is 13.2 Å². The van der Waals surface area contributed by atoms with E-state index >= 15 is 0 Å². The van der Waals surface area contributed by atoms with E-state index in [9.17, 15) is 4.79 Å².